The lowest BCUT2D eigenvalue weighted by Gasteiger charge is -2.19. The van der Waals surface area contributed by atoms with E-state index in [2.05, 4.69) is 53.6 Å². The smallest absolute Gasteiger partial charge is 0.0751 e. The molecule has 1 heterocycles. The minimum atomic E-state index is 0.210. The van der Waals surface area contributed by atoms with E-state index >= 15 is 0 Å². The Kier molecular flexibility index (Phi) is 3.60. The monoisotopic (exact) mass is 252 g/mol. The summed E-state index contributed by atoms with van der Waals surface area (Å²) in [5, 5.41) is 3.68. The molecule has 2 nitrogen and oxygen atoms in total. The molecule has 0 radical (unpaired) electrons. The van der Waals surface area contributed by atoms with E-state index in [1.54, 1.807) is 0 Å². The van der Waals surface area contributed by atoms with Crippen molar-refractivity contribution in [1.82, 2.24) is 10.3 Å². The summed E-state index contributed by atoms with van der Waals surface area (Å²) in [6, 6.07) is 15.0. The molecule has 1 atom stereocenters. The van der Waals surface area contributed by atoms with Gasteiger partial charge in [0.15, 0.2) is 0 Å². The fraction of sp³-hybridized carbons (Fsp3) is 0.353. The number of aromatic nitrogens is 1. The lowest BCUT2D eigenvalue weighted by Crippen LogP contribution is -2.25. The van der Waals surface area contributed by atoms with Gasteiger partial charge < -0.3 is 5.32 Å². The van der Waals surface area contributed by atoms with Gasteiger partial charge in [0.25, 0.3) is 0 Å². The van der Waals surface area contributed by atoms with E-state index < -0.39 is 0 Å². The Bertz CT molecular complexity index is 532. The molecule has 0 aliphatic heterocycles. The van der Waals surface area contributed by atoms with Gasteiger partial charge in [0.05, 0.1) is 11.7 Å². The summed E-state index contributed by atoms with van der Waals surface area (Å²) in [6.07, 6.45) is 4.61. The Balaban J connectivity index is 1.86. The van der Waals surface area contributed by atoms with Crippen LogP contribution in [0.4, 0.5) is 0 Å². The zero-order valence-electron chi connectivity index (χ0n) is 11.3. The molecule has 1 aromatic heterocycles. The lowest BCUT2D eigenvalue weighted by molar-refractivity contribution is 0.563. The molecule has 1 fully saturated rings. The van der Waals surface area contributed by atoms with Crippen molar-refractivity contribution >= 4 is 0 Å². The molecule has 98 valence electrons. The summed E-state index contributed by atoms with van der Waals surface area (Å²) < 4.78 is 0. The van der Waals surface area contributed by atoms with E-state index in [4.69, 9.17) is 0 Å². The maximum absolute atomic E-state index is 4.52. The van der Waals surface area contributed by atoms with Gasteiger partial charge in [-0.1, -0.05) is 35.9 Å². The minimum Gasteiger partial charge on any atom is -0.305 e. The van der Waals surface area contributed by atoms with Crippen LogP contribution in [0.1, 0.15) is 35.7 Å². The average molecular weight is 252 g/mol. The van der Waals surface area contributed by atoms with Gasteiger partial charge >= 0.3 is 0 Å². The van der Waals surface area contributed by atoms with Gasteiger partial charge in [-0.15, -0.1) is 0 Å². The Labute approximate surface area is 114 Å². The Hall–Kier alpha value is -1.67. The molecule has 2 aromatic rings. The van der Waals surface area contributed by atoms with Gasteiger partial charge in [-0.2, -0.15) is 0 Å². The number of hydrogen-bond donors (Lipinski definition) is 1. The van der Waals surface area contributed by atoms with E-state index in [0.717, 1.165) is 18.2 Å². The molecule has 0 spiro atoms. The predicted molar refractivity (Wildman–Crippen MR) is 78.0 cm³/mol. The molecule has 1 N–H and O–H groups in total. The fourth-order valence-electron chi connectivity index (χ4n) is 2.40. The van der Waals surface area contributed by atoms with Crippen LogP contribution in [0, 0.1) is 12.8 Å². The van der Waals surface area contributed by atoms with Crippen molar-refractivity contribution in [3.8, 4) is 0 Å². The van der Waals surface area contributed by atoms with Crippen LogP contribution in [0.5, 0.6) is 0 Å². The van der Waals surface area contributed by atoms with Gasteiger partial charge in [0, 0.05) is 6.20 Å². The quantitative estimate of drug-likeness (QED) is 0.881. The summed E-state index contributed by atoms with van der Waals surface area (Å²) in [4.78, 5) is 4.52. The molecule has 1 aliphatic carbocycles. The van der Waals surface area contributed by atoms with Crippen LogP contribution in [0.25, 0.3) is 0 Å². The summed E-state index contributed by atoms with van der Waals surface area (Å²) >= 11 is 0. The van der Waals surface area contributed by atoms with Gasteiger partial charge in [0.2, 0.25) is 0 Å². The topological polar surface area (TPSA) is 24.9 Å². The fourth-order valence-corrected chi connectivity index (χ4v) is 2.40. The number of rotatable bonds is 5. The Morgan fingerprint density at radius 2 is 2.11 bits per heavy atom. The SMILES string of the molecule is Cc1cccc(C(NCC2CC2)c2ccccn2)c1. The van der Waals surface area contributed by atoms with Crippen molar-refractivity contribution in [3.63, 3.8) is 0 Å². The maximum Gasteiger partial charge on any atom is 0.0751 e. The molecule has 3 rings (SSSR count). The second-order valence-electron chi connectivity index (χ2n) is 5.45. The maximum atomic E-state index is 4.52. The summed E-state index contributed by atoms with van der Waals surface area (Å²) in [5.74, 6) is 0.871. The first-order valence-corrected chi connectivity index (χ1v) is 7.04. The predicted octanol–water partition coefficient (Wildman–Crippen LogP) is 3.48. The number of nitrogens with one attached hydrogen (secondary N) is 1. The van der Waals surface area contributed by atoms with E-state index in [0.29, 0.717) is 0 Å². The Morgan fingerprint density at radius 3 is 2.79 bits per heavy atom. The first-order valence-electron chi connectivity index (χ1n) is 7.04. The first-order chi connectivity index (χ1) is 9.33. The second kappa shape index (κ2) is 5.54. The number of pyridine rings is 1. The highest BCUT2D eigenvalue weighted by Crippen LogP contribution is 2.29. The highest BCUT2D eigenvalue weighted by atomic mass is 14.9. The number of nitrogens with zero attached hydrogens (tertiary/aromatic N) is 1. The van der Waals surface area contributed by atoms with Crippen LogP contribution < -0.4 is 5.32 Å². The molecule has 2 heteroatoms. The summed E-state index contributed by atoms with van der Waals surface area (Å²) in [7, 11) is 0. The summed E-state index contributed by atoms with van der Waals surface area (Å²) in [6.45, 7) is 3.23. The van der Waals surface area contributed by atoms with Crippen molar-refractivity contribution in [2.45, 2.75) is 25.8 Å². The average Bonchev–Trinajstić information content (AvgIpc) is 3.25. The molecule has 19 heavy (non-hydrogen) atoms. The van der Waals surface area contributed by atoms with Crippen LogP contribution in [0.2, 0.25) is 0 Å². The van der Waals surface area contributed by atoms with Crippen molar-refractivity contribution < 1.29 is 0 Å². The van der Waals surface area contributed by atoms with E-state index in [9.17, 15) is 0 Å². The van der Waals surface area contributed by atoms with E-state index in [1.165, 1.54) is 24.0 Å². The molecule has 1 unspecified atom stereocenters. The number of aryl methyl sites for hydroxylation is 1. The molecule has 0 saturated heterocycles. The van der Waals surface area contributed by atoms with Crippen LogP contribution in [0.3, 0.4) is 0 Å². The number of benzene rings is 1. The van der Waals surface area contributed by atoms with Crippen molar-refractivity contribution in [1.29, 1.82) is 0 Å². The van der Waals surface area contributed by atoms with Crippen LogP contribution >= 0.6 is 0 Å². The zero-order valence-corrected chi connectivity index (χ0v) is 11.3. The molecule has 0 bridgehead atoms. The standard InChI is InChI=1S/C17H20N2/c1-13-5-4-6-15(11-13)17(19-12-14-8-9-14)16-7-2-3-10-18-16/h2-7,10-11,14,17,19H,8-9,12H2,1H3. The van der Waals surface area contributed by atoms with Crippen molar-refractivity contribution in [3.05, 3.63) is 65.5 Å². The Morgan fingerprint density at radius 1 is 1.21 bits per heavy atom. The molecular formula is C17H20N2. The van der Waals surface area contributed by atoms with E-state index in [-0.39, 0.29) is 6.04 Å². The van der Waals surface area contributed by atoms with Gasteiger partial charge in [-0.25, -0.2) is 0 Å². The largest absolute Gasteiger partial charge is 0.305 e. The minimum absolute atomic E-state index is 0.210. The van der Waals surface area contributed by atoms with Crippen molar-refractivity contribution in [2.75, 3.05) is 6.54 Å². The van der Waals surface area contributed by atoms with Crippen molar-refractivity contribution in [2.24, 2.45) is 5.92 Å². The summed E-state index contributed by atoms with van der Waals surface area (Å²) in [5.41, 5.74) is 3.71. The van der Waals surface area contributed by atoms with Gasteiger partial charge in [-0.3, -0.25) is 4.98 Å². The second-order valence-corrected chi connectivity index (χ2v) is 5.45. The highest BCUT2D eigenvalue weighted by Gasteiger charge is 2.23. The van der Waals surface area contributed by atoms with Crippen LogP contribution in [0.15, 0.2) is 48.7 Å². The molecule has 0 amide bonds. The van der Waals surface area contributed by atoms with Gasteiger partial charge in [0.1, 0.15) is 0 Å². The molecule has 1 saturated carbocycles. The zero-order chi connectivity index (χ0) is 13.1. The van der Waals surface area contributed by atoms with Crippen LogP contribution in [-0.4, -0.2) is 11.5 Å². The van der Waals surface area contributed by atoms with Gasteiger partial charge in [-0.05, 0) is 49.9 Å². The number of hydrogen-bond acceptors (Lipinski definition) is 2. The normalized spacial score (nSPS) is 16.3. The third kappa shape index (κ3) is 3.21. The van der Waals surface area contributed by atoms with E-state index in [1.807, 2.05) is 12.3 Å². The third-order valence-corrected chi connectivity index (χ3v) is 3.67. The first kappa shape index (κ1) is 12.4. The highest BCUT2D eigenvalue weighted by molar-refractivity contribution is 5.31. The van der Waals surface area contributed by atoms with Crippen LogP contribution in [-0.2, 0) is 0 Å². The third-order valence-electron chi connectivity index (χ3n) is 3.67. The molecular weight excluding hydrogens is 232 g/mol. The lowest BCUT2D eigenvalue weighted by atomic mass is 10.0. The molecule has 1 aromatic carbocycles. The molecule has 1 aliphatic rings.